The van der Waals surface area contributed by atoms with Gasteiger partial charge in [0.05, 0.1) is 0 Å². The first-order chi connectivity index (χ1) is 16.4. The van der Waals surface area contributed by atoms with E-state index in [1.807, 2.05) is 45.0 Å². The first kappa shape index (κ1) is 25.7. The molecule has 2 aromatic carbocycles. The summed E-state index contributed by atoms with van der Waals surface area (Å²) in [6, 6.07) is 12.2. The summed E-state index contributed by atoms with van der Waals surface area (Å²) in [5, 5.41) is 15.2. The molecule has 9 heteroatoms. The number of benzene rings is 2. The number of hydrogen-bond acceptors (Lipinski definition) is 4. The van der Waals surface area contributed by atoms with Gasteiger partial charge in [-0.05, 0) is 62.4 Å². The number of amides is 5. The molecule has 1 aliphatic rings. The van der Waals surface area contributed by atoms with Crippen LogP contribution in [-0.4, -0.2) is 50.4 Å². The summed E-state index contributed by atoms with van der Waals surface area (Å²) in [7, 11) is 0. The number of aryl methyl sites for hydroxylation is 1. The number of nitrogens with one attached hydrogen (secondary N) is 2. The molecule has 35 heavy (non-hydrogen) atoms. The minimum atomic E-state index is -1.21. The second-order valence-electron chi connectivity index (χ2n) is 9.68. The van der Waals surface area contributed by atoms with Crippen LogP contribution in [0.5, 0.6) is 0 Å². The predicted octanol–water partition coefficient (Wildman–Crippen LogP) is 4.68. The summed E-state index contributed by atoms with van der Waals surface area (Å²) < 4.78 is 0. The van der Waals surface area contributed by atoms with Crippen molar-refractivity contribution in [3.8, 4) is 0 Å². The van der Waals surface area contributed by atoms with Gasteiger partial charge in [-0.3, -0.25) is 4.79 Å². The van der Waals surface area contributed by atoms with E-state index in [0.717, 1.165) is 16.0 Å². The number of para-hydroxylation sites is 1. The molecule has 0 radical (unpaired) electrons. The van der Waals surface area contributed by atoms with Crippen LogP contribution in [0.4, 0.5) is 21.0 Å². The van der Waals surface area contributed by atoms with E-state index >= 15 is 0 Å². The highest BCUT2D eigenvalue weighted by molar-refractivity contribution is 6.09. The Morgan fingerprint density at radius 3 is 2.20 bits per heavy atom. The van der Waals surface area contributed by atoms with Crippen molar-refractivity contribution in [3.05, 3.63) is 59.7 Å². The molecule has 3 N–H and O–H groups in total. The van der Waals surface area contributed by atoms with Crippen LogP contribution >= 0.6 is 0 Å². The number of carbonyl (C=O) groups excluding carboxylic acids is 3. The molecular formula is C26H32N4O5. The molecule has 3 rings (SSSR count). The molecule has 5 amide bonds. The van der Waals surface area contributed by atoms with E-state index in [-0.39, 0.29) is 24.9 Å². The van der Waals surface area contributed by atoms with Gasteiger partial charge in [0.2, 0.25) is 0 Å². The molecule has 0 aromatic heterocycles. The standard InChI is InChI=1S/C26H32N4O5/c1-16(2)14-21(22(31)32)30-23(33)26(4,5)29(25(30)35)15-18-10-12-19(13-11-18)27-24(34)28-20-9-7-6-8-17(20)3/h6-13,16,21H,14-15H2,1-5H3,(H,31,32)(H2,27,28,34). The smallest absolute Gasteiger partial charge is 0.328 e. The van der Waals surface area contributed by atoms with Gasteiger partial charge in [0.15, 0.2) is 0 Å². The van der Waals surface area contributed by atoms with Gasteiger partial charge >= 0.3 is 18.0 Å². The van der Waals surface area contributed by atoms with E-state index in [1.54, 1.807) is 38.1 Å². The fourth-order valence-corrected chi connectivity index (χ4v) is 4.04. The summed E-state index contributed by atoms with van der Waals surface area (Å²) in [6.45, 7) is 8.96. The van der Waals surface area contributed by atoms with Gasteiger partial charge < -0.3 is 20.6 Å². The Kier molecular flexibility index (Phi) is 7.48. The Bertz CT molecular complexity index is 1130. The minimum absolute atomic E-state index is 0.00286. The van der Waals surface area contributed by atoms with Gasteiger partial charge in [0, 0.05) is 17.9 Å². The molecule has 186 valence electrons. The molecule has 1 unspecified atom stereocenters. The molecule has 2 aromatic rings. The lowest BCUT2D eigenvalue weighted by atomic mass is 10.00. The predicted molar refractivity (Wildman–Crippen MR) is 133 cm³/mol. The van der Waals surface area contributed by atoms with Crippen LogP contribution in [0.25, 0.3) is 0 Å². The van der Waals surface area contributed by atoms with Crippen LogP contribution in [-0.2, 0) is 16.1 Å². The Morgan fingerprint density at radius 1 is 1.00 bits per heavy atom. The minimum Gasteiger partial charge on any atom is -0.480 e. The second-order valence-corrected chi connectivity index (χ2v) is 9.68. The Morgan fingerprint density at radius 2 is 1.63 bits per heavy atom. The van der Waals surface area contributed by atoms with Crippen molar-refractivity contribution in [1.29, 1.82) is 0 Å². The van der Waals surface area contributed by atoms with Crippen LogP contribution in [0.3, 0.4) is 0 Å². The van der Waals surface area contributed by atoms with Gasteiger partial charge in [-0.15, -0.1) is 0 Å². The lowest BCUT2D eigenvalue weighted by Gasteiger charge is -2.27. The van der Waals surface area contributed by atoms with Crippen molar-refractivity contribution >= 4 is 35.3 Å². The number of urea groups is 2. The maximum atomic E-state index is 13.2. The zero-order valence-electron chi connectivity index (χ0n) is 20.7. The molecule has 9 nitrogen and oxygen atoms in total. The molecule has 1 aliphatic heterocycles. The van der Waals surface area contributed by atoms with Gasteiger partial charge in [0.1, 0.15) is 11.6 Å². The lowest BCUT2D eigenvalue weighted by molar-refractivity contribution is -0.148. The summed E-state index contributed by atoms with van der Waals surface area (Å²) in [6.07, 6.45) is 0.182. The van der Waals surface area contributed by atoms with Crippen molar-refractivity contribution in [2.24, 2.45) is 5.92 Å². The molecule has 1 saturated heterocycles. The van der Waals surface area contributed by atoms with Crippen LogP contribution in [0.2, 0.25) is 0 Å². The second kappa shape index (κ2) is 10.2. The van der Waals surface area contributed by atoms with Gasteiger partial charge in [-0.2, -0.15) is 0 Å². The number of aliphatic carboxylic acids is 1. The lowest BCUT2D eigenvalue weighted by Crippen LogP contribution is -2.47. The molecule has 1 atom stereocenters. The Labute approximate surface area is 205 Å². The molecule has 1 heterocycles. The Hall–Kier alpha value is -3.88. The van der Waals surface area contributed by atoms with E-state index < -0.39 is 29.5 Å². The largest absolute Gasteiger partial charge is 0.480 e. The van der Waals surface area contributed by atoms with Crippen molar-refractivity contribution in [3.63, 3.8) is 0 Å². The third kappa shape index (κ3) is 5.62. The topological polar surface area (TPSA) is 119 Å². The van der Waals surface area contributed by atoms with E-state index in [1.165, 1.54) is 4.90 Å². The maximum absolute atomic E-state index is 13.2. The Balaban J connectivity index is 1.71. The average molecular weight is 481 g/mol. The molecule has 0 bridgehead atoms. The first-order valence-corrected chi connectivity index (χ1v) is 11.5. The van der Waals surface area contributed by atoms with Crippen LogP contribution in [0.1, 0.15) is 45.2 Å². The van der Waals surface area contributed by atoms with Gasteiger partial charge in [-0.1, -0.05) is 44.2 Å². The van der Waals surface area contributed by atoms with Crippen molar-refractivity contribution in [2.75, 3.05) is 10.6 Å². The summed E-state index contributed by atoms with van der Waals surface area (Å²) in [4.78, 5) is 52.7. The molecule has 1 fully saturated rings. The SMILES string of the molecule is Cc1ccccc1NC(=O)Nc1ccc(CN2C(=O)N(C(CC(C)C)C(=O)O)C(=O)C2(C)C)cc1. The summed E-state index contributed by atoms with van der Waals surface area (Å²) in [5.41, 5.74) is 1.77. The van der Waals surface area contributed by atoms with Gasteiger partial charge in [-0.25, -0.2) is 19.3 Å². The number of nitrogens with zero attached hydrogens (tertiary/aromatic N) is 2. The highest BCUT2D eigenvalue weighted by Gasteiger charge is 2.54. The summed E-state index contributed by atoms with van der Waals surface area (Å²) in [5.74, 6) is -1.73. The van der Waals surface area contributed by atoms with E-state index in [4.69, 9.17) is 0 Å². The first-order valence-electron chi connectivity index (χ1n) is 11.5. The fourth-order valence-electron chi connectivity index (χ4n) is 4.04. The van der Waals surface area contributed by atoms with Crippen molar-refractivity contribution in [1.82, 2.24) is 9.80 Å². The third-order valence-electron chi connectivity index (χ3n) is 6.09. The van der Waals surface area contributed by atoms with Crippen LogP contribution in [0.15, 0.2) is 48.5 Å². The third-order valence-corrected chi connectivity index (χ3v) is 6.09. The normalized spacial score (nSPS) is 15.9. The monoisotopic (exact) mass is 480 g/mol. The molecular weight excluding hydrogens is 448 g/mol. The average Bonchev–Trinajstić information content (AvgIpc) is 2.94. The number of anilines is 2. The number of carboxylic acids is 1. The summed E-state index contributed by atoms with van der Waals surface area (Å²) >= 11 is 0. The van der Waals surface area contributed by atoms with Crippen LogP contribution in [0, 0.1) is 12.8 Å². The number of carboxylic acid groups (broad SMARTS) is 1. The highest BCUT2D eigenvalue weighted by Crippen LogP contribution is 2.32. The van der Waals surface area contributed by atoms with E-state index in [9.17, 15) is 24.3 Å². The number of carbonyl (C=O) groups is 4. The van der Waals surface area contributed by atoms with Crippen molar-refractivity contribution < 1.29 is 24.3 Å². The zero-order valence-corrected chi connectivity index (χ0v) is 20.7. The number of rotatable bonds is 8. The van der Waals surface area contributed by atoms with Crippen molar-refractivity contribution in [2.45, 2.75) is 59.2 Å². The maximum Gasteiger partial charge on any atom is 0.328 e. The quantitative estimate of drug-likeness (QED) is 0.474. The van der Waals surface area contributed by atoms with E-state index in [2.05, 4.69) is 10.6 Å². The van der Waals surface area contributed by atoms with Gasteiger partial charge in [0.25, 0.3) is 5.91 Å². The molecule has 0 aliphatic carbocycles. The van der Waals surface area contributed by atoms with Crippen LogP contribution < -0.4 is 10.6 Å². The zero-order chi connectivity index (χ0) is 25.9. The molecule has 0 spiro atoms. The number of hydrogen-bond donors (Lipinski definition) is 3. The highest BCUT2D eigenvalue weighted by atomic mass is 16.4. The number of imide groups is 1. The van der Waals surface area contributed by atoms with E-state index in [0.29, 0.717) is 11.4 Å². The molecule has 0 saturated carbocycles. The fraction of sp³-hybridized carbons (Fsp3) is 0.385.